The molecule has 170 valence electrons. The lowest BCUT2D eigenvalue weighted by Crippen LogP contribution is -2.63. The minimum atomic E-state index is 0.00155. The lowest BCUT2D eigenvalue weighted by molar-refractivity contribution is -0.0791. The summed E-state index contributed by atoms with van der Waals surface area (Å²) in [6.07, 6.45) is 4.62. The highest BCUT2D eigenvalue weighted by Crippen LogP contribution is 2.37. The van der Waals surface area contributed by atoms with Crippen LogP contribution in [-0.2, 0) is 9.47 Å². The molecule has 2 saturated heterocycles. The van der Waals surface area contributed by atoms with E-state index in [0.29, 0.717) is 15.8 Å². The smallest absolute Gasteiger partial charge is 0.294 e. The van der Waals surface area contributed by atoms with Crippen LogP contribution in [0, 0.1) is 6.92 Å². The monoisotopic (exact) mass is 457 g/mol. The highest BCUT2D eigenvalue weighted by atomic mass is 32.1. The lowest BCUT2D eigenvalue weighted by atomic mass is 9.81. The first kappa shape index (κ1) is 21.3. The van der Waals surface area contributed by atoms with E-state index in [-0.39, 0.29) is 36.1 Å². The number of benzene rings is 1. The molecule has 32 heavy (non-hydrogen) atoms. The summed E-state index contributed by atoms with van der Waals surface area (Å²) in [5, 5.41) is 28.2. The molecule has 3 aromatic rings. The number of nitrogens with one attached hydrogen (secondary N) is 1. The maximum atomic E-state index is 10.6. The van der Waals surface area contributed by atoms with Crippen molar-refractivity contribution in [2.45, 2.75) is 56.6 Å². The van der Waals surface area contributed by atoms with Crippen LogP contribution in [0.1, 0.15) is 25.0 Å². The highest BCUT2D eigenvalue weighted by Gasteiger charge is 2.43. The van der Waals surface area contributed by atoms with E-state index in [2.05, 4.69) is 20.6 Å². The Bertz CT molecular complexity index is 1070. The van der Waals surface area contributed by atoms with Gasteiger partial charge in [-0.05, 0) is 25.1 Å². The van der Waals surface area contributed by atoms with E-state index < -0.39 is 0 Å². The molecular formula is C22H27N5O4S. The SMILES string of the molecule is COC1CC(OC)C2CC(Oc3nnc(-c4ccc(-n5ccc(C)n5)cc4O)s3)CC1N2. The van der Waals surface area contributed by atoms with E-state index in [1.165, 1.54) is 11.3 Å². The minimum Gasteiger partial charge on any atom is -0.507 e. The van der Waals surface area contributed by atoms with Crippen molar-refractivity contribution in [3.05, 3.63) is 36.2 Å². The largest absolute Gasteiger partial charge is 0.507 e. The molecule has 0 amide bonds. The Kier molecular flexibility index (Phi) is 5.85. The van der Waals surface area contributed by atoms with E-state index in [4.69, 9.17) is 14.2 Å². The van der Waals surface area contributed by atoms with Crippen LogP contribution in [0.15, 0.2) is 30.5 Å². The van der Waals surface area contributed by atoms with E-state index in [0.717, 1.165) is 30.6 Å². The Morgan fingerprint density at radius 2 is 1.81 bits per heavy atom. The van der Waals surface area contributed by atoms with Gasteiger partial charge in [0, 0.05) is 57.8 Å². The van der Waals surface area contributed by atoms with E-state index in [9.17, 15) is 5.11 Å². The molecule has 2 bridgehead atoms. The topological polar surface area (TPSA) is 104 Å². The molecule has 0 spiro atoms. The highest BCUT2D eigenvalue weighted by molar-refractivity contribution is 7.16. The quantitative estimate of drug-likeness (QED) is 0.582. The molecule has 1 aromatic carbocycles. The predicted molar refractivity (Wildman–Crippen MR) is 119 cm³/mol. The average molecular weight is 458 g/mol. The van der Waals surface area contributed by atoms with Crippen LogP contribution >= 0.6 is 11.3 Å². The van der Waals surface area contributed by atoms with E-state index in [1.807, 2.05) is 31.3 Å². The fourth-order valence-electron chi connectivity index (χ4n) is 4.68. The van der Waals surface area contributed by atoms with Crippen molar-refractivity contribution in [3.8, 4) is 27.2 Å². The number of ether oxygens (including phenoxy) is 3. The molecule has 0 saturated carbocycles. The number of nitrogens with zero attached hydrogens (tertiary/aromatic N) is 4. The number of fused-ring (bicyclic) bond motifs is 2. The van der Waals surface area contributed by atoms with Gasteiger partial charge < -0.3 is 24.6 Å². The van der Waals surface area contributed by atoms with Crippen molar-refractivity contribution in [3.63, 3.8) is 0 Å². The molecule has 2 aliphatic rings. The Labute approximate surface area is 190 Å². The molecule has 4 atom stereocenters. The standard InChI is InChI=1S/C22H27N5O4S/c1-12-6-7-27(26-12)13-4-5-15(18(28)8-13)21-24-25-22(32-21)31-14-9-16-19(29-2)11-20(30-3)17(10-14)23-16/h4-8,14,16-17,19-20,23,28H,9-11H2,1-3H3. The fourth-order valence-corrected chi connectivity index (χ4v) is 5.47. The summed E-state index contributed by atoms with van der Waals surface area (Å²) in [6.45, 7) is 1.92. The van der Waals surface area contributed by atoms with Crippen molar-refractivity contribution in [1.29, 1.82) is 0 Å². The van der Waals surface area contributed by atoms with Crippen LogP contribution in [0.5, 0.6) is 10.9 Å². The first-order valence-electron chi connectivity index (χ1n) is 10.7. The van der Waals surface area contributed by atoms with E-state index >= 15 is 0 Å². The molecule has 4 heterocycles. The van der Waals surface area contributed by atoms with Gasteiger partial charge in [0.15, 0.2) is 5.01 Å². The number of phenols is 1. The van der Waals surface area contributed by atoms with Gasteiger partial charge in [-0.3, -0.25) is 0 Å². The second-order valence-corrected chi connectivity index (χ2v) is 9.29. The molecule has 4 unspecified atom stereocenters. The molecule has 0 aliphatic carbocycles. The summed E-state index contributed by atoms with van der Waals surface area (Å²) in [5.74, 6) is 0.126. The van der Waals surface area contributed by atoms with Crippen LogP contribution in [0.25, 0.3) is 16.3 Å². The molecular weight excluding hydrogens is 430 g/mol. The number of phenolic OH excluding ortho intramolecular Hbond substituents is 1. The molecule has 2 aromatic heterocycles. The number of piperidine rings is 2. The Morgan fingerprint density at radius 1 is 1.06 bits per heavy atom. The van der Waals surface area contributed by atoms with Gasteiger partial charge in [-0.2, -0.15) is 5.10 Å². The Morgan fingerprint density at radius 3 is 2.44 bits per heavy atom. The van der Waals surface area contributed by atoms with Crippen LogP contribution in [0.4, 0.5) is 0 Å². The summed E-state index contributed by atoms with van der Waals surface area (Å²) in [5.41, 5.74) is 2.31. The Balaban J connectivity index is 1.30. The van der Waals surface area contributed by atoms with Gasteiger partial charge in [-0.1, -0.05) is 16.4 Å². The number of aryl methyl sites for hydroxylation is 1. The number of hydrogen-bond donors (Lipinski definition) is 2. The van der Waals surface area contributed by atoms with Gasteiger partial charge in [0.25, 0.3) is 5.19 Å². The predicted octanol–water partition coefficient (Wildman–Crippen LogP) is 2.71. The third-order valence-electron chi connectivity index (χ3n) is 6.30. The van der Waals surface area contributed by atoms with Crippen LogP contribution in [-0.4, -0.2) is 69.7 Å². The minimum absolute atomic E-state index is 0.00155. The van der Waals surface area contributed by atoms with Gasteiger partial charge >= 0.3 is 0 Å². The van der Waals surface area contributed by atoms with Gasteiger partial charge in [-0.15, -0.1) is 5.10 Å². The van der Waals surface area contributed by atoms with Crippen molar-refractivity contribution in [2.75, 3.05) is 14.2 Å². The summed E-state index contributed by atoms with van der Waals surface area (Å²) in [4.78, 5) is 0. The first-order valence-corrected chi connectivity index (χ1v) is 11.5. The first-order chi connectivity index (χ1) is 15.5. The maximum Gasteiger partial charge on any atom is 0.294 e. The number of hydrogen-bond acceptors (Lipinski definition) is 9. The van der Waals surface area contributed by atoms with Crippen molar-refractivity contribution >= 4 is 11.3 Å². The van der Waals surface area contributed by atoms with Crippen LogP contribution in [0.3, 0.4) is 0 Å². The van der Waals surface area contributed by atoms with Crippen molar-refractivity contribution < 1.29 is 19.3 Å². The summed E-state index contributed by atoms with van der Waals surface area (Å²) in [7, 11) is 3.48. The molecule has 9 nitrogen and oxygen atoms in total. The summed E-state index contributed by atoms with van der Waals surface area (Å²) >= 11 is 1.33. The van der Waals surface area contributed by atoms with Gasteiger partial charge in [0.05, 0.1) is 29.2 Å². The molecule has 5 rings (SSSR count). The van der Waals surface area contributed by atoms with Crippen LogP contribution in [0.2, 0.25) is 0 Å². The van der Waals surface area contributed by atoms with Gasteiger partial charge in [0.1, 0.15) is 11.9 Å². The van der Waals surface area contributed by atoms with Crippen LogP contribution < -0.4 is 10.1 Å². The normalized spacial score (nSPS) is 27.4. The molecule has 10 heteroatoms. The second-order valence-electron chi connectivity index (χ2n) is 8.35. The Hall–Kier alpha value is -2.53. The zero-order valence-corrected chi connectivity index (χ0v) is 19.1. The summed E-state index contributed by atoms with van der Waals surface area (Å²) in [6, 6.07) is 7.77. The van der Waals surface area contributed by atoms with Crippen molar-refractivity contribution in [2.24, 2.45) is 0 Å². The zero-order valence-electron chi connectivity index (χ0n) is 18.3. The molecule has 2 fully saturated rings. The fraction of sp³-hybridized carbons (Fsp3) is 0.500. The third kappa shape index (κ3) is 4.11. The number of aromatic hydroxyl groups is 1. The average Bonchev–Trinajstić information content (AvgIpc) is 3.43. The van der Waals surface area contributed by atoms with E-state index in [1.54, 1.807) is 25.0 Å². The molecule has 0 radical (unpaired) electrons. The number of rotatable bonds is 6. The second kappa shape index (κ2) is 8.78. The van der Waals surface area contributed by atoms with Gasteiger partial charge in [0.2, 0.25) is 0 Å². The molecule has 2 aliphatic heterocycles. The summed E-state index contributed by atoms with van der Waals surface area (Å²) < 4.78 is 19.3. The lowest BCUT2D eigenvalue weighted by Gasteiger charge is -2.47. The maximum absolute atomic E-state index is 10.6. The van der Waals surface area contributed by atoms with Gasteiger partial charge in [-0.25, -0.2) is 4.68 Å². The number of methoxy groups -OCH3 is 2. The number of aromatic nitrogens is 4. The van der Waals surface area contributed by atoms with Crippen molar-refractivity contribution in [1.82, 2.24) is 25.3 Å². The third-order valence-corrected chi connectivity index (χ3v) is 7.15. The molecule has 2 N–H and O–H groups in total. The zero-order chi connectivity index (χ0) is 22.2.